The molecular weight excluding hydrogens is 238 g/mol. The van der Waals surface area contributed by atoms with E-state index in [0.717, 1.165) is 6.07 Å². The average molecular weight is 250 g/mol. The number of aliphatic hydroxyl groups excluding tert-OH is 1. The Labute approximate surface area is 103 Å². The second-order valence-corrected chi connectivity index (χ2v) is 3.80. The summed E-state index contributed by atoms with van der Waals surface area (Å²) in [6.07, 6.45) is -1.15. The van der Waals surface area contributed by atoms with E-state index in [1.165, 1.54) is 13.2 Å². The molecule has 2 rings (SSSR count). The third kappa shape index (κ3) is 2.19. The van der Waals surface area contributed by atoms with Gasteiger partial charge in [0.1, 0.15) is 6.10 Å². The first-order valence-electron chi connectivity index (χ1n) is 5.40. The topological polar surface area (TPSA) is 29.5 Å². The van der Waals surface area contributed by atoms with E-state index >= 15 is 0 Å². The van der Waals surface area contributed by atoms with Crippen LogP contribution >= 0.6 is 0 Å². The number of methoxy groups -OCH3 is 1. The summed E-state index contributed by atoms with van der Waals surface area (Å²) in [7, 11) is 1.18. The molecule has 0 aliphatic heterocycles. The molecular formula is C14H12F2O2. The van der Waals surface area contributed by atoms with Crippen molar-refractivity contribution in [3.63, 3.8) is 0 Å². The van der Waals surface area contributed by atoms with Gasteiger partial charge in [0.2, 0.25) is 0 Å². The van der Waals surface area contributed by atoms with Crippen molar-refractivity contribution >= 4 is 0 Å². The van der Waals surface area contributed by atoms with Gasteiger partial charge in [-0.25, -0.2) is 8.78 Å². The molecule has 0 saturated carbocycles. The lowest BCUT2D eigenvalue weighted by atomic mass is 10.0. The standard InChI is InChI=1S/C14H12F2O2/c1-18-14-11(15)8-7-10(12(14)16)13(17)9-5-3-2-4-6-9/h2-8,13,17H,1H3. The molecule has 2 aromatic carbocycles. The maximum absolute atomic E-state index is 13.9. The highest BCUT2D eigenvalue weighted by atomic mass is 19.1. The Morgan fingerprint density at radius 3 is 2.33 bits per heavy atom. The van der Waals surface area contributed by atoms with Crippen molar-refractivity contribution in [3.8, 4) is 5.75 Å². The summed E-state index contributed by atoms with van der Waals surface area (Å²) in [5.41, 5.74) is 0.518. The minimum absolute atomic E-state index is 0.0144. The summed E-state index contributed by atoms with van der Waals surface area (Å²) in [5.74, 6) is -2.16. The fourth-order valence-electron chi connectivity index (χ4n) is 1.76. The lowest BCUT2D eigenvalue weighted by Crippen LogP contribution is -2.05. The van der Waals surface area contributed by atoms with Gasteiger partial charge in [-0.1, -0.05) is 30.3 Å². The van der Waals surface area contributed by atoms with Crippen LogP contribution in [0.5, 0.6) is 5.75 Å². The largest absolute Gasteiger partial charge is 0.491 e. The summed E-state index contributed by atoms with van der Waals surface area (Å²) >= 11 is 0. The van der Waals surface area contributed by atoms with Gasteiger partial charge in [0.25, 0.3) is 0 Å². The Balaban J connectivity index is 2.46. The van der Waals surface area contributed by atoms with Crippen molar-refractivity contribution in [3.05, 3.63) is 65.2 Å². The summed E-state index contributed by atoms with van der Waals surface area (Å²) in [4.78, 5) is 0. The van der Waals surface area contributed by atoms with Gasteiger partial charge in [0.15, 0.2) is 17.4 Å². The molecule has 0 fully saturated rings. The van der Waals surface area contributed by atoms with Gasteiger partial charge in [-0.2, -0.15) is 0 Å². The quantitative estimate of drug-likeness (QED) is 0.907. The molecule has 1 N–H and O–H groups in total. The first-order valence-corrected chi connectivity index (χ1v) is 5.40. The van der Waals surface area contributed by atoms with Crippen LogP contribution in [0.25, 0.3) is 0 Å². The van der Waals surface area contributed by atoms with E-state index in [-0.39, 0.29) is 5.56 Å². The van der Waals surface area contributed by atoms with E-state index < -0.39 is 23.5 Å². The van der Waals surface area contributed by atoms with Crippen molar-refractivity contribution < 1.29 is 18.6 Å². The molecule has 2 nitrogen and oxygen atoms in total. The number of hydrogen-bond acceptors (Lipinski definition) is 2. The number of aliphatic hydroxyl groups is 1. The molecule has 0 bridgehead atoms. The molecule has 94 valence electrons. The summed E-state index contributed by atoms with van der Waals surface area (Å²) in [6, 6.07) is 10.9. The number of hydrogen-bond donors (Lipinski definition) is 1. The highest BCUT2D eigenvalue weighted by Crippen LogP contribution is 2.31. The van der Waals surface area contributed by atoms with Crippen LogP contribution in [0.15, 0.2) is 42.5 Å². The van der Waals surface area contributed by atoms with Gasteiger partial charge in [-0.3, -0.25) is 0 Å². The van der Waals surface area contributed by atoms with Gasteiger partial charge >= 0.3 is 0 Å². The van der Waals surface area contributed by atoms with Crippen LogP contribution in [0.1, 0.15) is 17.2 Å². The predicted molar refractivity (Wildman–Crippen MR) is 63.4 cm³/mol. The smallest absolute Gasteiger partial charge is 0.190 e. The summed E-state index contributed by atoms with van der Waals surface area (Å²) < 4.78 is 31.8. The Bertz CT molecular complexity index is 541. The Kier molecular flexibility index (Phi) is 3.58. The van der Waals surface area contributed by atoms with Gasteiger partial charge in [-0.05, 0) is 17.7 Å². The molecule has 0 radical (unpaired) electrons. The zero-order valence-corrected chi connectivity index (χ0v) is 9.73. The fourth-order valence-corrected chi connectivity index (χ4v) is 1.76. The fraction of sp³-hybridized carbons (Fsp3) is 0.143. The summed E-state index contributed by atoms with van der Waals surface area (Å²) in [5, 5.41) is 10.1. The van der Waals surface area contributed by atoms with Crippen molar-refractivity contribution in [2.45, 2.75) is 6.10 Å². The van der Waals surface area contributed by atoms with Crippen LogP contribution in [-0.2, 0) is 0 Å². The van der Waals surface area contributed by atoms with Gasteiger partial charge < -0.3 is 9.84 Å². The van der Waals surface area contributed by atoms with E-state index in [9.17, 15) is 13.9 Å². The first kappa shape index (κ1) is 12.5. The van der Waals surface area contributed by atoms with Crippen molar-refractivity contribution in [2.75, 3.05) is 7.11 Å². The summed E-state index contributed by atoms with van der Waals surface area (Å²) in [6.45, 7) is 0. The van der Waals surface area contributed by atoms with E-state index in [1.54, 1.807) is 30.3 Å². The van der Waals surface area contributed by atoms with E-state index in [0.29, 0.717) is 5.56 Å². The van der Waals surface area contributed by atoms with E-state index in [4.69, 9.17) is 0 Å². The molecule has 0 aromatic heterocycles. The van der Waals surface area contributed by atoms with Gasteiger partial charge in [-0.15, -0.1) is 0 Å². The Morgan fingerprint density at radius 1 is 1.06 bits per heavy atom. The third-order valence-electron chi connectivity index (χ3n) is 2.69. The number of halogens is 2. The molecule has 0 heterocycles. The SMILES string of the molecule is COc1c(F)ccc(C(O)c2ccccc2)c1F. The zero-order valence-electron chi connectivity index (χ0n) is 9.73. The molecule has 0 saturated heterocycles. The second kappa shape index (κ2) is 5.14. The Morgan fingerprint density at radius 2 is 1.72 bits per heavy atom. The molecule has 0 spiro atoms. The van der Waals surface area contributed by atoms with E-state index in [1.807, 2.05) is 0 Å². The zero-order chi connectivity index (χ0) is 13.1. The van der Waals surface area contributed by atoms with Crippen LogP contribution in [0.4, 0.5) is 8.78 Å². The van der Waals surface area contributed by atoms with Crippen molar-refractivity contribution in [1.82, 2.24) is 0 Å². The first-order chi connectivity index (χ1) is 8.65. The molecule has 1 unspecified atom stereocenters. The maximum atomic E-state index is 13.9. The van der Waals surface area contributed by atoms with Crippen LogP contribution < -0.4 is 4.74 Å². The van der Waals surface area contributed by atoms with Gasteiger partial charge in [0, 0.05) is 5.56 Å². The van der Waals surface area contributed by atoms with Crippen LogP contribution in [0, 0.1) is 11.6 Å². The lowest BCUT2D eigenvalue weighted by molar-refractivity contribution is 0.212. The molecule has 0 aliphatic rings. The second-order valence-electron chi connectivity index (χ2n) is 3.80. The number of rotatable bonds is 3. The molecule has 0 amide bonds. The van der Waals surface area contributed by atoms with E-state index in [2.05, 4.69) is 4.74 Å². The third-order valence-corrected chi connectivity index (χ3v) is 2.69. The lowest BCUT2D eigenvalue weighted by Gasteiger charge is -2.14. The Hall–Kier alpha value is -1.94. The molecule has 0 aliphatic carbocycles. The molecule has 1 atom stereocenters. The molecule has 18 heavy (non-hydrogen) atoms. The maximum Gasteiger partial charge on any atom is 0.190 e. The number of ether oxygens (including phenoxy) is 1. The highest BCUT2D eigenvalue weighted by Gasteiger charge is 2.20. The molecule has 4 heteroatoms. The van der Waals surface area contributed by atoms with Crippen LogP contribution in [0.3, 0.4) is 0 Å². The monoisotopic (exact) mass is 250 g/mol. The predicted octanol–water partition coefficient (Wildman–Crippen LogP) is 3.06. The average Bonchev–Trinajstić information content (AvgIpc) is 2.40. The van der Waals surface area contributed by atoms with Crippen molar-refractivity contribution in [2.24, 2.45) is 0 Å². The highest BCUT2D eigenvalue weighted by molar-refractivity contribution is 5.38. The van der Waals surface area contributed by atoms with Gasteiger partial charge in [0.05, 0.1) is 7.11 Å². The minimum atomic E-state index is -1.15. The molecule has 2 aromatic rings. The normalized spacial score (nSPS) is 12.2. The number of benzene rings is 2. The van der Waals surface area contributed by atoms with Crippen molar-refractivity contribution in [1.29, 1.82) is 0 Å². The minimum Gasteiger partial charge on any atom is -0.491 e. The van der Waals surface area contributed by atoms with Crippen LogP contribution in [-0.4, -0.2) is 12.2 Å². The van der Waals surface area contributed by atoms with Crippen LogP contribution in [0.2, 0.25) is 0 Å².